The Bertz CT molecular complexity index is 1010. The van der Waals surface area contributed by atoms with Crippen molar-refractivity contribution in [1.29, 1.82) is 0 Å². The molecule has 6 heteroatoms. The summed E-state index contributed by atoms with van der Waals surface area (Å²) in [5, 5.41) is 8.79. The second-order valence-electron chi connectivity index (χ2n) is 7.03. The van der Waals surface area contributed by atoms with Gasteiger partial charge < -0.3 is 20.7 Å². The minimum Gasteiger partial charge on any atom is -0.494 e. The number of hydrogen-bond donors (Lipinski definition) is 3. The van der Waals surface area contributed by atoms with Crippen LogP contribution in [0.2, 0.25) is 0 Å². The van der Waals surface area contributed by atoms with Gasteiger partial charge in [-0.2, -0.15) is 0 Å². The summed E-state index contributed by atoms with van der Waals surface area (Å²) in [4.78, 5) is 24.8. The molecule has 2 amide bonds. The summed E-state index contributed by atoms with van der Waals surface area (Å²) in [5.41, 5.74) is 2.88. The van der Waals surface area contributed by atoms with Crippen molar-refractivity contribution in [2.24, 2.45) is 0 Å². The lowest BCUT2D eigenvalue weighted by Gasteiger charge is -2.11. The smallest absolute Gasteiger partial charge is 0.251 e. The fourth-order valence-electron chi connectivity index (χ4n) is 2.92. The van der Waals surface area contributed by atoms with E-state index in [9.17, 15) is 9.59 Å². The van der Waals surface area contributed by atoms with E-state index in [1.165, 1.54) is 0 Å². The van der Waals surface area contributed by atoms with E-state index in [4.69, 9.17) is 4.74 Å². The van der Waals surface area contributed by atoms with E-state index in [2.05, 4.69) is 16.0 Å². The number of ether oxygens (including phenoxy) is 1. The van der Waals surface area contributed by atoms with Gasteiger partial charge in [-0.15, -0.1) is 0 Å². The molecule has 0 heterocycles. The lowest BCUT2D eigenvalue weighted by molar-refractivity contribution is -0.114. The van der Waals surface area contributed by atoms with Gasteiger partial charge in [-0.3, -0.25) is 9.59 Å². The number of hydrogen-bond acceptors (Lipinski definition) is 4. The summed E-state index contributed by atoms with van der Waals surface area (Å²) in [5.74, 6) is 0.366. The topological polar surface area (TPSA) is 79.5 Å². The van der Waals surface area contributed by atoms with E-state index >= 15 is 0 Å². The molecule has 3 N–H and O–H groups in total. The number of carbonyl (C=O) groups excluding carboxylic acids is 2. The molecule has 160 valence electrons. The Labute approximate surface area is 182 Å². The van der Waals surface area contributed by atoms with Crippen molar-refractivity contribution < 1.29 is 14.3 Å². The van der Waals surface area contributed by atoms with E-state index in [1.807, 2.05) is 61.5 Å². The Morgan fingerprint density at radius 1 is 0.871 bits per heavy atom. The van der Waals surface area contributed by atoms with Gasteiger partial charge in [-0.1, -0.05) is 49.4 Å². The molecule has 0 unspecified atom stereocenters. The largest absolute Gasteiger partial charge is 0.494 e. The van der Waals surface area contributed by atoms with E-state index < -0.39 is 0 Å². The summed E-state index contributed by atoms with van der Waals surface area (Å²) < 4.78 is 5.60. The molecule has 0 saturated carbocycles. The molecule has 0 atom stereocenters. The average Bonchev–Trinajstić information content (AvgIpc) is 2.81. The second-order valence-corrected chi connectivity index (χ2v) is 7.03. The van der Waals surface area contributed by atoms with E-state index in [-0.39, 0.29) is 18.4 Å². The number of rotatable bonds is 10. The van der Waals surface area contributed by atoms with E-state index in [0.29, 0.717) is 24.4 Å². The summed E-state index contributed by atoms with van der Waals surface area (Å²) in [6, 6.07) is 24.1. The molecular formula is C25H27N3O3. The molecule has 0 spiro atoms. The standard InChI is InChI=1S/C25H27N3O3/c1-2-14-31-23-13-7-11-21(16-23)26-18-24(29)28-22-12-6-10-20(15-22)25(30)27-17-19-8-4-3-5-9-19/h3-13,15-16,26H,2,14,17-18H2,1H3,(H,27,30)(H,28,29). The monoisotopic (exact) mass is 417 g/mol. The van der Waals surface area contributed by atoms with Crippen LogP contribution in [0.1, 0.15) is 29.3 Å². The molecule has 0 bridgehead atoms. The van der Waals surface area contributed by atoms with Crippen molar-refractivity contribution in [3.05, 3.63) is 90.0 Å². The van der Waals surface area contributed by atoms with E-state index in [1.54, 1.807) is 24.3 Å². The SMILES string of the molecule is CCCOc1cccc(NCC(=O)Nc2cccc(C(=O)NCc3ccccc3)c2)c1. The average molecular weight is 418 g/mol. The molecule has 6 nitrogen and oxygen atoms in total. The first-order valence-electron chi connectivity index (χ1n) is 10.3. The molecule has 31 heavy (non-hydrogen) atoms. The molecule has 0 fully saturated rings. The Morgan fingerprint density at radius 3 is 2.45 bits per heavy atom. The molecule has 0 aliphatic heterocycles. The quantitative estimate of drug-likeness (QED) is 0.455. The number of amides is 2. The first-order valence-corrected chi connectivity index (χ1v) is 10.3. The van der Waals surface area contributed by atoms with Gasteiger partial charge in [0, 0.05) is 29.5 Å². The van der Waals surface area contributed by atoms with Crippen molar-refractivity contribution in [3.63, 3.8) is 0 Å². The maximum Gasteiger partial charge on any atom is 0.251 e. The third-order valence-electron chi connectivity index (χ3n) is 4.46. The maximum atomic E-state index is 12.4. The predicted molar refractivity (Wildman–Crippen MR) is 123 cm³/mol. The van der Waals surface area contributed by atoms with Crippen LogP contribution >= 0.6 is 0 Å². The highest BCUT2D eigenvalue weighted by Gasteiger charge is 2.08. The molecule has 0 radical (unpaired) electrons. The van der Waals surface area contributed by atoms with Crippen LogP contribution in [-0.4, -0.2) is 25.0 Å². The van der Waals surface area contributed by atoms with Gasteiger partial charge in [0.05, 0.1) is 13.2 Å². The van der Waals surface area contributed by atoms with Gasteiger partial charge in [0.25, 0.3) is 5.91 Å². The molecule has 0 aromatic heterocycles. The Kier molecular flexibility index (Phi) is 8.05. The molecule has 0 aliphatic rings. The minimum atomic E-state index is -0.207. The van der Waals surface area contributed by atoms with Crippen LogP contribution in [0.5, 0.6) is 5.75 Å². The third-order valence-corrected chi connectivity index (χ3v) is 4.46. The van der Waals surface area contributed by atoms with E-state index in [0.717, 1.165) is 23.4 Å². The first-order chi connectivity index (χ1) is 15.1. The molecular weight excluding hydrogens is 390 g/mol. The van der Waals surface area contributed by atoms with Crippen LogP contribution < -0.4 is 20.7 Å². The van der Waals surface area contributed by atoms with Crippen LogP contribution in [-0.2, 0) is 11.3 Å². The van der Waals surface area contributed by atoms with Crippen molar-refractivity contribution in [2.45, 2.75) is 19.9 Å². The Hall–Kier alpha value is -3.80. The zero-order chi connectivity index (χ0) is 21.9. The third kappa shape index (κ3) is 7.19. The highest BCUT2D eigenvalue weighted by atomic mass is 16.5. The fourth-order valence-corrected chi connectivity index (χ4v) is 2.92. The predicted octanol–water partition coefficient (Wildman–Crippen LogP) is 4.46. The fraction of sp³-hybridized carbons (Fsp3) is 0.200. The summed E-state index contributed by atoms with van der Waals surface area (Å²) in [6.45, 7) is 3.25. The summed E-state index contributed by atoms with van der Waals surface area (Å²) >= 11 is 0. The molecule has 3 aromatic rings. The van der Waals surface area contributed by atoms with Crippen LogP contribution in [0.3, 0.4) is 0 Å². The van der Waals surface area contributed by atoms with Crippen molar-refractivity contribution >= 4 is 23.2 Å². The van der Waals surface area contributed by atoms with Gasteiger partial charge >= 0.3 is 0 Å². The summed E-state index contributed by atoms with van der Waals surface area (Å²) in [6.07, 6.45) is 0.934. The van der Waals surface area contributed by atoms with Gasteiger partial charge in [-0.05, 0) is 42.3 Å². The number of benzene rings is 3. The number of carbonyl (C=O) groups is 2. The highest BCUT2D eigenvalue weighted by Crippen LogP contribution is 2.17. The number of anilines is 2. The van der Waals surface area contributed by atoms with Crippen LogP contribution in [0.4, 0.5) is 11.4 Å². The van der Waals surface area contributed by atoms with Gasteiger partial charge in [0.15, 0.2) is 0 Å². The molecule has 3 rings (SSSR count). The van der Waals surface area contributed by atoms with Crippen molar-refractivity contribution in [1.82, 2.24) is 5.32 Å². The van der Waals surface area contributed by atoms with Crippen LogP contribution in [0.15, 0.2) is 78.9 Å². The summed E-state index contributed by atoms with van der Waals surface area (Å²) in [7, 11) is 0. The Morgan fingerprint density at radius 2 is 1.65 bits per heavy atom. The number of nitrogens with one attached hydrogen (secondary N) is 3. The minimum absolute atomic E-state index is 0.0989. The Balaban J connectivity index is 1.50. The normalized spacial score (nSPS) is 10.2. The highest BCUT2D eigenvalue weighted by molar-refractivity contribution is 5.98. The zero-order valence-corrected chi connectivity index (χ0v) is 17.6. The lowest BCUT2D eigenvalue weighted by Crippen LogP contribution is -2.24. The van der Waals surface area contributed by atoms with Gasteiger partial charge in [0.1, 0.15) is 5.75 Å². The van der Waals surface area contributed by atoms with Gasteiger partial charge in [0.2, 0.25) is 5.91 Å². The van der Waals surface area contributed by atoms with Crippen LogP contribution in [0.25, 0.3) is 0 Å². The van der Waals surface area contributed by atoms with Gasteiger partial charge in [-0.25, -0.2) is 0 Å². The maximum absolute atomic E-state index is 12.4. The molecule has 3 aromatic carbocycles. The van der Waals surface area contributed by atoms with Crippen molar-refractivity contribution in [3.8, 4) is 5.75 Å². The van der Waals surface area contributed by atoms with Crippen LogP contribution in [0, 0.1) is 0 Å². The molecule has 0 saturated heterocycles. The van der Waals surface area contributed by atoms with Crippen molar-refractivity contribution in [2.75, 3.05) is 23.8 Å². The second kappa shape index (κ2) is 11.4. The molecule has 0 aliphatic carbocycles. The lowest BCUT2D eigenvalue weighted by atomic mass is 10.1. The first kappa shape index (κ1) is 21.9. The zero-order valence-electron chi connectivity index (χ0n) is 17.6.